The van der Waals surface area contributed by atoms with E-state index in [1.807, 2.05) is 0 Å². The zero-order valence-corrected chi connectivity index (χ0v) is 16.0. The second-order valence-corrected chi connectivity index (χ2v) is 7.94. The van der Waals surface area contributed by atoms with Crippen molar-refractivity contribution in [2.45, 2.75) is 25.1 Å². The van der Waals surface area contributed by atoms with Gasteiger partial charge in [0.2, 0.25) is 16.9 Å². The van der Waals surface area contributed by atoms with Gasteiger partial charge >= 0.3 is 0 Å². The number of amides is 2. The van der Waals surface area contributed by atoms with Crippen molar-refractivity contribution in [3.63, 3.8) is 0 Å². The SMILES string of the molecule is CC(=O)Nc1ccc(NC(=O)CSc2nnc(NCC(C)C)s2)cc1. The minimum Gasteiger partial charge on any atom is -0.360 e. The van der Waals surface area contributed by atoms with Crippen LogP contribution in [0, 0.1) is 5.92 Å². The minimum atomic E-state index is -0.132. The smallest absolute Gasteiger partial charge is 0.234 e. The summed E-state index contributed by atoms with van der Waals surface area (Å²) in [5, 5.41) is 17.6. The van der Waals surface area contributed by atoms with Gasteiger partial charge in [0.1, 0.15) is 0 Å². The number of nitrogens with one attached hydrogen (secondary N) is 3. The highest BCUT2D eigenvalue weighted by atomic mass is 32.2. The maximum atomic E-state index is 12.0. The highest BCUT2D eigenvalue weighted by Crippen LogP contribution is 2.25. The van der Waals surface area contributed by atoms with Crippen molar-refractivity contribution in [3.05, 3.63) is 24.3 Å². The highest BCUT2D eigenvalue weighted by molar-refractivity contribution is 8.01. The van der Waals surface area contributed by atoms with Crippen LogP contribution in [0.1, 0.15) is 20.8 Å². The molecule has 2 aromatic rings. The van der Waals surface area contributed by atoms with Crippen LogP contribution in [0.15, 0.2) is 28.6 Å². The number of thioether (sulfide) groups is 1. The summed E-state index contributed by atoms with van der Waals surface area (Å²) < 4.78 is 0.752. The van der Waals surface area contributed by atoms with Gasteiger partial charge in [-0.1, -0.05) is 36.9 Å². The van der Waals surface area contributed by atoms with Crippen LogP contribution in [0.3, 0.4) is 0 Å². The molecule has 25 heavy (non-hydrogen) atoms. The molecule has 0 saturated heterocycles. The Kier molecular flexibility index (Phi) is 7.20. The molecular formula is C16H21N5O2S2. The minimum absolute atomic E-state index is 0.121. The van der Waals surface area contributed by atoms with Crippen molar-refractivity contribution in [2.24, 2.45) is 5.92 Å². The van der Waals surface area contributed by atoms with Gasteiger partial charge in [-0.25, -0.2) is 0 Å². The lowest BCUT2D eigenvalue weighted by atomic mass is 10.2. The first-order valence-electron chi connectivity index (χ1n) is 7.80. The predicted octanol–water partition coefficient (Wildman–Crippen LogP) is 3.30. The van der Waals surface area contributed by atoms with E-state index in [-0.39, 0.29) is 17.6 Å². The van der Waals surface area contributed by atoms with Crippen molar-refractivity contribution in [2.75, 3.05) is 28.2 Å². The standard InChI is InChI=1S/C16H21N5O2S2/c1-10(2)8-17-15-20-21-16(25-15)24-9-14(23)19-13-6-4-12(5-7-13)18-11(3)22/h4-7,10H,8-9H2,1-3H3,(H,17,20)(H,18,22)(H,19,23). The number of carbonyl (C=O) groups excluding carboxylic acids is 2. The Bertz CT molecular complexity index is 716. The van der Waals surface area contributed by atoms with Gasteiger partial charge in [-0.15, -0.1) is 10.2 Å². The zero-order chi connectivity index (χ0) is 18.2. The van der Waals surface area contributed by atoms with E-state index < -0.39 is 0 Å². The molecule has 0 aliphatic heterocycles. The molecule has 0 atom stereocenters. The van der Waals surface area contributed by atoms with Crippen molar-refractivity contribution >= 4 is 51.4 Å². The van der Waals surface area contributed by atoms with Crippen LogP contribution in [0.2, 0.25) is 0 Å². The summed E-state index contributed by atoms with van der Waals surface area (Å²) in [7, 11) is 0. The summed E-state index contributed by atoms with van der Waals surface area (Å²) in [6.45, 7) is 6.53. The summed E-state index contributed by atoms with van der Waals surface area (Å²) >= 11 is 2.79. The van der Waals surface area contributed by atoms with Crippen LogP contribution in [0.25, 0.3) is 0 Å². The van der Waals surface area contributed by atoms with Crippen molar-refractivity contribution in [1.82, 2.24) is 10.2 Å². The average Bonchev–Trinajstić information content (AvgIpc) is 3.00. The Hall–Kier alpha value is -2.13. The van der Waals surface area contributed by atoms with E-state index in [0.717, 1.165) is 16.0 Å². The maximum absolute atomic E-state index is 12.0. The lowest BCUT2D eigenvalue weighted by Gasteiger charge is -2.06. The van der Waals surface area contributed by atoms with E-state index >= 15 is 0 Å². The molecule has 1 aromatic carbocycles. The van der Waals surface area contributed by atoms with Crippen molar-refractivity contribution in [3.8, 4) is 0 Å². The third kappa shape index (κ3) is 7.10. The van der Waals surface area contributed by atoms with E-state index in [9.17, 15) is 9.59 Å². The van der Waals surface area contributed by atoms with Crippen LogP contribution in [0.5, 0.6) is 0 Å². The lowest BCUT2D eigenvalue weighted by molar-refractivity contribution is -0.114. The third-order valence-corrected chi connectivity index (χ3v) is 4.90. The van der Waals surface area contributed by atoms with Gasteiger partial charge in [0.25, 0.3) is 0 Å². The van der Waals surface area contributed by atoms with Gasteiger partial charge in [0.05, 0.1) is 5.75 Å². The van der Waals surface area contributed by atoms with E-state index in [4.69, 9.17) is 0 Å². The number of hydrogen-bond donors (Lipinski definition) is 3. The Morgan fingerprint density at radius 3 is 2.36 bits per heavy atom. The molecule has 0 saturated carbocycles. The second kappa shape index (κ2) is 9.38. The van der Waals surface area contributed by atoms with Crippen LogP contribution in [-0.2, 0) is 9.59 Å². The molecule has 0 fully saturated rings. The first-order chi connectivity index (χ1) is 11.9. The largest absolute Gasteiger partial charge is 0.360 e. The van der Waals surface area contributed by atoms with Crippen molar-refractivity contribution < 1.29 is 9.59 Å². The number of benzene rings is 1. The number of rotatable bonds is 8. The van der Waals surface area contributed by atoms with Crippen LogP contribution in [-0.4, -0.2) is 34.3 Å². The zero-order valence-electron chi connectivity index (χ0n) is 14.3. The number of hydrogen-bond acceptors (Lipinski definition) is 7. The third-order valence-electron chi connectivity index (χ3n) is 2.88. The first kappa shape index (κ1) is 19.2. The van der Waals surface area contributed by atoms with E-state index in [1.165, 1.54) is 30.0 Å². The quantitative estimate of drug-likeness (QED) is 0.609. The maximum Gasteiger partial charge on any atom is 0.234 e. The summed E-state index contributed by atoms with van der Waals surface area (Å²) in [5.74, 6) is 0.534. The molecule has 7 nitrogen and oxygen atoms in total. The predicted molar refractivity (Wildman–Crippen MR) is 103 cm³/mol. The molecule has 2 rings (SSSR count). The van der Waals surface area contributed by atoms with Crippen LogP contribution >= 0.6 is 23.1 Å². The molecule has 134 valence electrons. The Morgan fingerprint density at radius 2 is 1.76 bits per heavy atom. The summed E-state index contributed by atoms with van der Waals surface area (Å²) in [5.41, 5.74) is 1.37. The molecule has 2 amide bonds. The Labute approximate surface area is 155 Å². The molecule has 0 spiro atoms. The molecule has 0 radical (unpaired) electrons. The van der Waals surface area contributed by atoms with E-state index in [1.54, 1.807) is 24.3 Å². The topological polar surface area (TPSA) is 96.0 Å². The van der Waals surface area contributed by atoms with E-state index in [2.05, 4.69) is 40.0 Å². The second-order valence-electron chi connectivity index (χ2n) is 5.74. The van der Waals surface area contributed by atoms with Gasteiger partial charge in [0.15, 0.2) is 4.34 Å². The number of anilines is 3. The average molecular weight is 380 g/mol. The summed E-state index contributed by atoms with van der Waals surface area (Å²) in [6, 6.07) is 6.96. The van der Waals surface area contributed by atoms with Gasteiger partial charge in [0, 0.05) is 24.8 Å². The number of carbonyl (C=O) groups is 2. The van der Waals surface area contributed by atoms with E-state index in [0.29, 0.717) is 17.3 Å². The lowest BCUT2D eigenvalue weighted by Crippen LogP contribution is -2.14. The molecule has 0 aliphatic rings. The van der Waals surface area contributed by atoms with Crippen LogP contribution < -0.4 is 16.0 Å². The molecule has 1 aromatic heterocycles. The fourth-order valence-corrected chi connectivity index (χ4v) is 3.35. The molecule has 9 heteroatoms. The molecule has 3 N–H and O–H groups in total. The van der Waals surface area contributed by atoms with Gasteiger partial charge in [-0.3, -0.25) is 9.59 Å². The first-order valence-corrected chi connectivity index (χ1v) is 9.60. The molecule has 1 heterocycles. The monoisotopic (exact) mass is 379 g/mol. The Morgan fingerprint density at radius 1 is 1.12 bits per heavy atom. The molecule has 0 aliphatic carbocycles. The van der Waals surface area contributed by atoms with Crippen LogP contribution in [0.4, 0.5) is 16.5 Å². The molecule has 0 unspecified atom stereocenters. The van der Waals surface area contributed by atoms with Crippen molar-refractivity contribution in [1.29, 1.82) is 0 Å². The normalized spacial score (nSPS) is 10.6. The number of nitrogens with zero attached hydrogens (tertiary/aromatic N) is 2. The Balaban J connectivity index is 1.77. The highest BCUT2D eigenvalue weighted by Gasteiger charge is 2.09. The van der Waals surface area contributed by atoms with Gasteiger partial charge in [-0.2, -0.15) is 0 Å². The summed E-state index contributed by atoms with van der Waals surface area (Å²) in [6.07, 6.45) is 0. The fourth-order valence-electron chi connectivity index (χ4n) is 1.80. The number of aromatic nitrogens is 2. The molecule has 0 bridgehead atoms. The molecular weight excluding hydrogens is 358 g/mol. The summed E-state index contributed by atoms with van der Waals surface area (Å²) in [4.78, 5) is 23.0. The van der Waals surface area contributed by atoms with Gasteiger partial charge < -0.3 is 16.0 Å². The fraction of sp³-hybridized carbons (Fsp3) is 0.375. The van der Waals surface area contributed by atoms with Gasteiger partial charge in [-0.05, 0) is 30.2 Å².